The predicted octanol–water partition coefficient (Wildman–Crippen LogP) is 3.69. The van der Waals surface area contributed by atoms with E-state index in [2.05, 4.69) is 18.3 Å². The minimum atomic E-state index is -3.49. The first-order valence-corrected chi connectivity index (χ1v) is 12.2. The molecule has 1 aliphatic rings. The summed E-state index contributed by atoms with van der Waals surface area (Å²) in [7, 11) is -3.49. The fraction of sp³-hybridized carbons (Fsp3) is 0.375. The molecule has 7 heteroatoms. The summed E-state index contributed by atoms with van der Waals surface area (Å²) >= 11 is 0. The van der Waals surface area contributed by atoms with Crippen LogP contribution in [-0.2, 0) is 27.9 Å². The van der Waals surface area contributed by atoms with Crippen LogP contribution in [0.4, 0.5) is 0 Å². The van der Waals surface area contributed by atoms with Gasteiger partial charge in [-0.2, -0.15) is 4.31 Å². The second-order valence-electron chi connectivity index (χ2n) is 8.52. The zero-order valence-electron chi connectivity index (χ0n) is 18.0. The van der Waals surface area contributed by atoms with Crippen LogP contribution in [0.25, 0.3) is 10.9 Å². The number of hydrogen-bond donors (Lipinski definition) is 1. The minimum Gasteiger partial charge on any atom is -0.350 e. The number of carbonyl (C=O) groups excluding carboxylic acids is 1. The van der Waals surface area contributed by atoms with E-state index in [1.165, 1.54) is 0 Å². The van der Waals surface area contributed by atoms with E-state index in [9.17, 15) is 13.2 Å². The van der Waals surface area contributed by atoms with Gasteiger partial charge in [-0.1, -0.05) is 36.8 Å². The van der Waals surface area contributed by atoms with Crippen molar-refractivity contribution < 1.29 is 13.2 Å². The van der Waals surface area contributed by atoms with Crippen LogP contribution in [0.2, 0.25) is 0 Å². The number of aromatic nitrogens is 1. The van der Waals surface area contributed by atoms with Crippen LogP contribution in [-0.4, -0.2) is 36.3 Å². The van der Waals surface area contributed by atoms with Crippen LogP contribution < -0.4 is 5.32 Å². The Morgan fingerprint density at radius 1 is 1.10 bits per heavy atom. The van der Waals surface area contributed by atoms with E-state index in [0.29, 0.717) is 30.4 Å². The Morgan fingerprint density at radius 2 is 1.87 bits per heavy atom. The molecule has 1 aromatic heterocycles. The zero-order valence-corrected chi connectivity index (χ0v) is 18.9. The molecule has 3 aromatic rings. The summed E-state index contributed by atoms with van der Waals surface area (Å²) in [6, 6.07) is 15.1. The average Bonchev–Trinajstić information content (AvgIpc) is 3.15. The molecule has 1 aliphatic heterocycles. The minimum absolute atomic E-state index is 0.0851. The molecule has 1 amide bonds. The third kappa shape index (κ3) is 4.83. The fourth-order valence-electron chi connectivity index (χ4n) is 4.08. The molecule has 0 unspecified atom stereocenters. The lowest BCUT2D eigenvalue weighted by molar-refractivity contribution is -0.121. The van der Waals surface area contributed by atoms with Gasteiger partial charge in [0.25, 0.3) is 0 Å². The molecular formula is C24H29N3O3S. The summed E-state index contributed by atoms with van der Waals surface area (Å²) in [6.45, 7) is 6.00. The van der Waals surface area contributed by atoms with Crippen molar-refractivity contribution in [2.75, 3.05) is 13.1 Å². The molecule has 2 heterocycles. The Hall–Kier alpha value is -2.64. The Balaban J connectivity index is 1.45. The van der Waals surface area contributed by atoms with Gasteiger partial charge in [-0.05, 0) is 55.5 Å². The molecule has 0 bridgehead atoms. The highest BCUT2D eigenvalue weighted by molar-refractivity contribution is 7.89. The highest BCUT2D eigenvalue weighted by atomic mass is 32.2. The third-order valence-electron chi connectivity index (χ3n) is 6.01. The van der Waals surface area contributed by atoms with Crippen molar-refractivity contribution in [2.45, 2.75) is 44.7 Å². The number of nitrogens with one attached hydrogen (secondary N) is 1. The Kier molecular flexibility index (Phi) is 6.16. The topological polar surface area (TPSA) is 71.4 Å². The van der Waals surface area contributed by atoms with E-state index in [1.54, 1.807) is 22.5 Å². The standard InChI is InChI=1S/C24H29N3O3S/c1-18-8-12-27(13-9-18)31(29,30)22-6-7-23-21(15-22)10-11-26(23)17-24(28)25-16-20-5-3-4-19(2)14-20/h3-7,10-11,14-15,18H,8-9,12-13,16-17H2,1-2H3,(H,25,28). The monoisotopic (exact) mass is 439 g/mol. The number of hydrogen-bond acceptors (Lipinski definition) is 3. The van der Waals surface area contributed by atoms with E-state index in [1.807, 2.05) is 42.0 Å². The maximum absolute atomic E-state index is 13.0. The molecular weight excluding hydrogens is 410 g/mol. The van der Waals surface area contributed by atoms with Crippen molar-refractivity contribution in [3.8, 4) is 0 Å². The number of amides is 1. The predicted molar refractivity (Wildman–Crippen MR) is 122 cm³/mol. The first-order valence-electron chi connectivity index (χ1n) is 10.7. The molecule has 31 heavy (non-hydrogen) atoms. The molecule has 0 atom stereocenters. The Labute approximate surface area is 183 Å². The number of fused-ring (bicyclic) bond motifs is 1. The van der Waals surface area contributed by atoms with Crippen molar-refractivity contribution in [3.63, 3.8) is 0 Å². The van der Waals surface area contributed by atoms with Gasteiger partial charge in [0, 0.05) is 36.7 Å². The molecule has 1 N–H and O–H groups in total. The summed E-state index contributed by atoms with van der Waals surface area (Å²) in [6.07, 6.45) is 3.63. The fourth-order valence-corrected chi connectivity index (χ4v) is 5.59. The third-order valence-corrected chi connectivity index (χ3v) is 7.90. The highest BCUT2D eigenvalue weighted by Crippen LogP contribution is 2.26. The van der Waals surface area contributed by atoms with Crippen molar-refractivity contribution >= 4 is 26.8 Å². The summed E-state index contributed by atoms with van der Waals surface area (Å²) in [5.41, 5.74) is 3.07. The van der Waals surface area contributed by atoms with Gasteiger partial charge in [0.15, 0.2) is 0 Å². The Bertz CT molecular complexity index is 1190. The van der Waals surface area contributed by atoms with E-state index in [-0.39, 0.29) is 12.5 Å². The maximum Gasteiger partial charge on any atom is 0.243 e. The van der Waals surface area contributed by atoms with Crippen molar-refractivity contribution in [1.29, 1.82) is 0 Å². The van der Waals surface area contributed by atoms with Gasteiger partial charge in [-0.3, -0.25) is 4.79 Å². The largest absolute Gasteiger partial charge is 0.350 e. The number of sulfonamides is 1. The highest BCUT2D eigenvalue weighted by Gasteiger charge is 2.28. The molecule has 0 spiro atoms. The van der Waals surface area contributed by atoms with E-state index >= 15 is 0 Å². The van der Waals surface area contributed by atoms with Gasteiger partial charge >= 0.3 is 0 Å². The summed E-state index contributed by atoms with van der Waals surface area (Å²) < 4.78 is 29.5. The van der Waals surface area contributed by atoms with Crippen molar-refractivity contribution in [3.05, 3.63) is 65.9 Å². The van der Waals surface area contributed by atoms with Gasteiger partial charge in [-0.15, -0.1) is 0 Å². The molecule has 1 fully saturated rings. The van der Waals surface area contributed by atoms with Crippen molar-refractivity contribution in [1.82, 2.24) is 14.2 Å². The zero-order chi connectivity index (χ0) is 22.0. The lowest BCUT2D eigenvalue weighted by atomic mass is 10.0. The number of nitrogens with zero attached hydrogens (tertiary/aromatic N) is 2. The molecule has 164 valence electrons. The lowest BCUT2D eigenvalue weighted by Crippen LogP contribution is -2.37. The van der Waals surface area contributed by atoms with E-state index in [0.717, 1.165) is 34.9 Å². The Morgan fingerprint density at radius 3 is 2.61 bits per heavy atom. The van der Waals surface area contributed by atoms with Gasteiger partial charge in [0.05, 0.1) is 4.90 Å². The molecule has 0 saturated carbocycles. The van der Waals surface area contributed by atoms with E-state index in [4.69, 9.17) is 0 Å². The van der Waals surface area contributed by atoms with E-state index < -0.39 is 10.0 Å². The number of benzene rings is 2. The van der Waals surface area contributed by atoms with Crippen molar-refractivity contribution in [2.24, 2.45) is 5.92 Å². The first-order chi connectivity index (χ1) is 14.8. The summed E-state index contributed by atoms with van der Waals surface area (Å²) in [5, 5.41) is 3.77. The molecule has 0 radical (unpaired) electrons. The van der Waals surface area contributed by atoms with Gasteiger partial charge in [-0.25, -0.2) is 8.42 Å². The van der Waals surface area contributed by atoms with Gasteiger partial charge in [0.2, 0.25) is 15.9 Å². The number of carbonyl (C=O) groups is 1. The van der Waals surface area contributed by atoms with Crippen LogP contribution >= 0.6 is 0 Å². The second-order valence-corrected chi connectivity index (χ2v) is 10.5. The molecule has 2 aromatic carbocycles. The normalized spacial score (nSPS) is 15.9. The van der Waals surface area contributed by atoms with Crippen LogP contribution in [0.1, 0.15) is 30.9 Å². The average molecular weight is 440 g/mol. The first kappa shape index (κ1) is 21.6. The molecule has 6 nitrogen and oxygen atoms in total. The summed E-state index contributed by atoms with van der Waals surface area (Å²) in [5.74, 6) is 0.484. The number of aryl methyl sites for hydroxylation is 1. The number of rotatable bonds is 6. The van der Waals surface area contributed by atoms with Gasteiger partial charge in [0.1, 0.15) is 6.54 Å². The number of piperidine rings is 1. The van der Waals surface area contributed by atoms with Gasteiger partial charge < -0.3 is 9.88 Å². The molecule has 4 rings (SSSR count). The quantitative estimate of drug-likeness (QED) is 0.637. The maximum atomic E-state index is 13.0. The van der Waals surface area contributed by atoms with Crippen LogP contribution in [0.5, 0.6) is 0 Å². The second kappa shape index (κ2) is 8.85. The molecule has 1 saturated heterocycles. The van der Waals surface area contributed by atoms with Crippen LogP contribution in [0.15, 0.2) is 59.6 Å². The smallest absolute Gasteiger partial charge is 0.243 e. The van der Waals surface area contributed by atoms with Crippen LogP contribution in [0.3, 0.4) is 0 Å². The van der Waals surface area contributed by atoms with Crippen LogP contribution in [0, 0.1) is 12.8 Å². The summed E-state index contributed by atoms with van der Waals surface area (Å²) in [4.78, 5) is 12.8. The SMILES string of the molecule is Cc1cccc(CNC(=O)Cn2ccc3cc(S(=O)(=O)N4CCC(C)CC4)ccc32)c1. The lowest BCUT2D eigenvalue weighted by Gasteiger charge is -2.29. The molecule has 0 aliphatic carbocycles.